The molecule has 100 valence electrons. The number of ether oxygens (including phenoxy) is 1. The normalized spacial score (nSPS) is 10.6. The Morgan fingerprint density at radius 2 is 1.84 bits per heavy atom. The Bertz CT molecular complexity index is 611. The van der Waals surface area contributed by atoms with E-state index in [1.807, 2.05) is 32.9 Å². The van der Waals surface area contributed by atoms with Crippen molar-refractivity contribution in [2.24, 2.45) is 0 Å². The summed E-state index contributed by atoms with van der Waals surface area (Å²) in [5.41, 5.74) is 3.11. The van der Waals surface area contributed by atoms with Crippen LogP contribution in [0.3, 0.4) is 0 Å². The molecule has 0 aliphatic rings. The highest BCUT2D eigenvalue weighted by molar-refractivity contribution is 5.46. The van der Waals surface area contributed by atoms with E-state index in [4.69, 9.17) is 9.84 Å². The third-order valence-corrected chi connectivity index (χ3v) is 3.18. The lowest BCUT2D eigenvalue weighted by atomic mass is 10.1. The molecule has 0 bridgehead atoms. The second-order valence-electron chi connectivity index (χ2n) is 4.50. The molecule has 0 fully saturated rings. The van der Waals surface area contributed by atoms with Gasteiger partial charge in [0.05, 0.1) is 6.61 Å². The number of aliphatic hydroxyl groups excluding tert-OH is 1. The van der Waals surface area contributed by atoms with E-state index in [2.05, 4.69) is 4.98 Å². The molecule has 2 aromatic rings. The van der Waals surface area contributed by atoms with Crippen LogP contribution in [0.1, 0.15) is 22.3 Å². The van der Waals surface area contributed by atoms with Crippen LogP contribution < -0.4 is 4.74 Å². The summed E-state index contributed by atoms with van der Waals surface area (Å²) < 4.78 is 19.6. The standard InChI is InChI=1S/C15H16FNO2/c1-9-4-5-10(2)14(11(9)3)19-15-13(16)12(8-18)6-7-17-15/h4-7,18H,8H2,1-3H3. The average molecular weight is 261 g/mol. The third-order valence-electron chi connectivity index (χ3n) is 3.18. The smallest absolute Gasteiger partial charge is 0.256 e. The molecule has 0 unspecified atom stereocenters. The first kappa shape index (κ1) is 13.5. The van der Waals surface area contributed by atoms with Crippen LogP contribution in [0.4, 0.5) is 4.39 Å². The molecule has 0 aliphatic heterocycles. The number of nitrogens with zero attached hydrogens (tertiary/aromatic N) is 1. The number of hydrogen-bond acceptors (Lipinski definition) is 3. The summed E-state index contributed by atoms with van der Waals surface area (Å²) >= 11 is 0. The lowest BCUT2D eigenvalue weighted by Crippen LogP contribution is -2.00. The van der Waals surface area contributed by atoms with Crippen LogP contribution in [0.25, 0.3) is 0 Å². The molecular formula is C15H16FNO2. The molecule has 4 heteroatoms. The Morgan fingerprint density at radius 1 is 1.16 bits per heavy atom. The van der Waals surface area contributed by atoms with Gasteiger partial charge in [0.1, 0.15) is 5.75 Å². The molecule has 0 spiro atoms. The van der Waals surface area contributed by atoms with Crippen LogP contribution in [0.15, 0.2) is 24.4 Å². The van der Waals surface area contributed by atoms with Gasteiger partial charge in [0.25, 0.3) is 5.88 Å². The lowest BCUT2D eigenvalue weighted by Gasteiger charge is -2.14. The van der Waals surface area contributed by atoms with Gasteiger partial charge in [0.15, 0.2) is 5.82 Å². The summed E-state index contributed by atoms with van der Waals surface area (Å²) in [5.74, 6) is -0.116. The molecule has 1 aromatic carbocycles. The number of rotatable bonds is 3. The first-order valence-corrected chi connectivity index (χ1v) is 6.03. The largest absolute Gasteiger partial charge is 0.436 e. The van der Waals surface area contributed by atoms with Crippen molar-refractivity contribution in [3.05, 3.63) is 52.5 Å². The number of aliphatic hydroxyl groups is 1. The fourth-order valence-electron chi connectivity index (χ4n) is 1.83. The summed E-state index contributed by atoms with van der Waals surface area (Å²) in [4.78, 5) is 3.89. The Morgan fingerprint density at radius 3 is 2.53 bits per heavy atom. The van der Waals surface area contributed by atoms with Crippen molar-refractivity contribution in [1.82, 2.24) is 4.98 Å². The van der Waals surface area contributed by atoms with Gasteiger partial charge in [0.2, 0.25) is 0 Å². The van der Waals surface area contributed by atoms with Crippen molar-refractivity contribution in [3.8, 4) is 11.6 Å². The summed E-state index contributed by atoms with van der Waals surface area (Å²) in [6.45, 7) is 5.41. The van der Waals surface area contributed by atoms with Crippen molar-refractivity contribution >= 4 is 0 Å². The number of halogens is 1. The quantitative estimate of drug-likeness (QED) is 0.920. The summed E-state index contributed by atoms with van der Waals surface area (Å²) in [7, 11) is 0. The van der Waals surface area contributed by atoms with Crippen molar-refractivity contribution < 1.29 is 14.2 Å². The highest BCUT2D eigenvalue weighted by atomic mass is 19.1. The molecule has 0 amide bonds. The predicted octanol–water partition coefficient (Wildman–Crippen LogP) is 3.43. The Hall–Kier alpha value is -1.94. The Kier molecular flexibility index (Phi) is 3.81. The van der Waals surface area contributed by atoms with Crippen molar-refractivity contribution in [3.63, 3.8) is 0 Å². The number of aromatic nitrogens is 1. The summed E-state index contributed by atoms with van der Waals surface area (Å²) in [6, 6.07) is 5.34. The van der Waals surface area contributed by atoms with Crippen LogP contribution in [0.2, 0.25) is 0 Å². The number of pyridine rings is 1. The van der Waals surface area contributed by atoms with E-state index in [9.17, 15) is 4.39 Å². The first-order valence-electron chi connectivity index (χ1n) is 6.03. The van der Waals surface area contributed by atoms with Gasteiger partial charge in [-0.25, -0.2) is 9.37 Å². The average Bonchev–Trinajstić information content (AvgIpc) is 2.41. The second kappa shape index (κ2) is 5.36. The van der Waals surface area contributed by atoms with Crippen LogP contribution in [-0.2, 0) is 6.61 Å². The van der Waals surface area contributed by atoms with E-state index in [0.717, 1.165) is 16.7 Å². The third kappa shape index (κ3) is 2.58. The number of aryl methyl sites for hydroxylation is 2. The monoisotopic (exact) mass is 261 g/mol. The fraction of sp³-hybridized carbons (Fsp3) is 0.267. The zero-order valence-corrected chi connectivity index (χ0v) is 11.2. The highest BCUT2D eigenvalue weighted by Crippen LogP contribution is 2.31. The lowest BCUT2D eigenvalue weighted by molar-refractivity contribution is 0.272. The topological polar surface area (TPSA) is 42.4 Å². The van der Waals surface area contributed by atoms with E-state index in [-0.39, 0.29) is 18.1 Å². The van der Waals surface area contributed by atoms with Gasteiger partial charge in [-0.1, -0.05) is 12.1 Å². The zero-order valence-electron chi connectivity index (χ0n) is 11.2. The maximum Gasteiger partial charge on any atom is 0.256 e. The molecule has 1 N–H and O–H groups in total. The number of benzene rings is 1. The molecule has 19 heavy (non-hydrogen) atoms. The van der Waals surface area contributed by atoms with Gasteiger partial charge >= 0.3 is 0 Å². The molecule has 0 radical (unpaired) electrons. The van der Waals surface area contributed by atoms with Crippen molar-refractivity contribution in [2.45, 2.75) is 27.4 Å². The summed E-state index contributed by atoms with van der Waals surface area (Å²) in [5, 5.41) is 9.04. The fourth-order valence-corrected chi connectivity index (χ4v) is 1.83. The molecule has 0 saturated heterocycles. The summed E-state index contributed by atoms with van der Waals surface area (Å²) in [6.07, 6.45) is 1.42. The molecule has 3 nitrogen and oxygen atoms in total. The molecule has 0 atom stereocenters. The van der Waals surface area contributed by atoms with Crippen molar-refractivity contribution in [1.29, 1.82) is 0 Å². The van der Waals surface area contributed by atoms with Gasteiger partial charge in [-0.2, -0.15) is 0 Å². The molecule has 0 saturated carbocycles. The predicted molar refractivity (Wildman–Crippen MR) is 70.8 cm³/mol. The maximum atomic E-state index is 14.0. The minimum Gasteiger partial charge on any atom is -0.436 e. The molecule has 2 rings (SSSR count). The van der Waals surface area contributed by atoms with Gasteiger partial charge in [-0.15, -0.1) is 0 Å². The van der Waals surface area contributed by atoms with Gasteiger partial charge in [0, 0.05) is 11.8 Å². The minimum absolute atomic E-state index is 0.108. The van der Waals surface area contributed by atoms with E-state index in [0.29, 0.717) is 5.75 Å². The van der Waals surface area contributed by atoms with Crippen LogP contribution >= 0.6 is 0 Å². The highest BCUT2D eigenvalue weighted by Gasteiger charge is 2.14. The van der Waals surface area contributed by atoms with Gasteiger partial charge in [-0.05, 0) is 43.5 Å². The van der Waals surface area contributed by atoms with Crippen LogP contribution in [0, 0.1) is 26.6 Å². The van der Waals surface area contributed by atoms with E-state index >= 15 is 0 Å². The minimum atomic E-state index is -0.620. The van der Waals surface area contributed by atoms with E-state index in [1.54, 1.807) is 0 Å². The molecular weight excluding hydrogens is 245 g/mol. The maximum absolute atomic E-state index is 14.0. The van der Waals surface area contributed by atoms with Crippen LogP contribution in [-0.4, -0.2) is 10.1 Å². The van der Waals surface area contributed by atoms with Crippen LogP contribution in [0.5, 0.6) is 11.6 Å². The second-order valence-corrected chi connectivity index (χ2v) is 4.50. The Labute approximate surface area is 111 Å². The molecule has 1 aromatic heterocycles. The zero-order chi connectivity index (χ0) is 14.0. The Balaban J connectivity index is 2.45. The van der Waals surface area contributed by atoms with Gasteiger partial charge in [-0.3, -0.25) is 0 Å². The molecule has 0 aliphatic carbocycles. The van der Waals surface area contributed by atoms with E-state index in [1.165, 1.54) is 12.3 Å². The van der Waals surface area contributed by atoms with E-state index < -0.39 is 5.82 Å². The molecule has 1 heterocycles. The van der Waals surface area contributed by atoms with Crippen molar-refractivity contribution in [2.75, 3.05) is 0 Å². The SMILES string of the molecule is Cc1ccc(C)c(Oc2nccc(CO)c2F)c1C. The number of hydrogen-bond donors (Lipinski definition) is 1. The van der Waals surface area contributed by atoms with Gasteiger partial charge < -0.3 is 9.84 Å². The first-order chi connectivity index (χ1) is 9.04.